The fourth-order valence-corrected chi connectivity index (χ4v) is 1.98. The first-order valence-corrected chi connectivity index (χ1v) is 6.24. The van der Waals surface area contributed by atoms with E-state index in [9.17, 15) is 13.2 Å². The summed E-state index contributed by atoms with van der Waals surface area (Å²) in [5, 5.41) is 3.24. The molecule has 0 unspecified atom stereocenters. The van der Waals surface area contributed by atoms with Crippen molar-refractivity contribution in [3.63, 3.8) is 0 Å². The molecule has 0 atom stereocenters. The molecule has 1 aliphatic rings. The third kappa shape index (κ3) is 5.73. The summed E-state index contributed by atoms with van der Waals surface area (Å²) in [7, 11) is 0. The van der Waals surface area contributed by atoms with Crippen LogP contribution in [0.3, 0.4) is 0 Å². The van der Waals surface area contributed by atoms with Crippen LogP contribution in [0.4, 0.5) is 13.2 Å². The zero-order valence-electron chi connectivity index (χ0n) is 10.6. The van der Waals surface area contributed by atoms with E-state index < -0.39 is 18.4 Å². The molecule has 0 aromatic rings. The van der Waals surface area contributed by atoms with Crippen LogP contribution in [0.2, 0.25) is 0 Å². The van der Waals surface area contributed by atoms with Gasteiger partial charge in [0.1, 0.15) is 6.61 Å². The molecule has 0 bridgehead atoms. The number of hydrogen-bond acceptors (Lipinski definition) is 2. The van der Waals surface area contributed by atoms with Crippen LogP contribution >= 0.6 is 0 Å². The summed E-state index contributed by atoms with van der Waals surface area (Å²) in [5.74, 6) is 0.559. The number of nitrogens with one attached hydrogen (secondary N) is 1. The van der Waals surface area contributed by atoms with Crippen molar-refractivity contribution in [1.82, 2.24) is 5.32 Å². The average molecular weight is 253 g/mol. The molecule has 1 aliphatic carbocycles. The van der Waals surface area contributed by atoms with Crippen LogP contribution in [-0.2, 0) is 4.74 Å². The van der Waals surface area contributed by atoms with Gasteiger partial charge in [0.2, 0.25) is 0 Å². The second kappa shape index (κ2) is 6.05. The monoisotopic (exact) mass is 253 g/mol. The SMILES string of the molecule is CC(C)CNCCC1(OCC(F)(F)F)CCC1. The molecular weight excluding hydrogens is 231 g/mol. The van der Waals surface area contributed by atoms with Crippen molar-refractivity contribution in [1.29, 1.82) is 0 Å². The molecule has 1 saturated carbocycles. The number of halogens is 3. The third-order valence-corrected chi connectivity index (χ3v) is 3.12. The normalized spacial score (nSPS) is 19.4. The lowest BCUT2D eigenvalue weighted by Gasteiger charge is -2.42. The van der Waals surface area contributed by atoms with Gasteiger partial charge in [-0.05, 0) is 44.7 Å². The lowest BCUT2D eigenvalue weighted by Crippen LogP contribution is -2.44. The van der Waals surface area contributed by atoms with E-state index in [1.807, 2.05) is 0 Å². The van der Waals surface area contributed by atoms with Gasteiger partial charge >= 0.3 is 6.18 Å². The van der Waals surface area contributed by atoms with Gasteiger partial charge in [-0.3, -0.25) is 0 Å². The second-order valence-corrected chi connectivity index (χ2v) is 5.29. The van der Waals surface area contributed by atoms with Gasteiger partial charge < -0.3 is 10.1 Å². The Morgan fingerprint density at radius 3 is 2.35 bits per heavy atom. The van der Waals surface area contributed by atoms with Gasteiger partial charge in [0.15, 0.2) is 0 Å². The van der Waals surface area contributed by atoms with Crippen LogP contribution in [0.25, 0.3) is 0 Å². The summed E-state index contributed by atoms with van der Waals surface area (Å²) in [4.78, 5) is 0. The molecule has 1 N–H and O–H groups in total. The Hall–Kier alpha value is -0.290. The van der Waals surface area contributed by atoms with E-state index in [0.29, 0.717) is 12.3 Å². The summed E-state index contributed by atoms with van der Waals surface area (Å²) >= 11 is 0. The smallest absolute Gasteiger partial charge is 0.366 e. The van der Waals surface area contributed by atoms with E-state index >= 15 is 0 Å². The average Bonchev–Trinajstić information content (AvgIpc) is 2.12. The van der Waals surface area contributed by atoms with E-state index in [4.69, 9.17) is 4.74 Å². The molecule has 0 radical (unpaired) electrons. The first kappa shape index (κ1) is 14.8. The van der Waals surface area contributed by atoms with Gasteiger partial charge in [0.25, 0.3) is 0 Å². The van der Waals surface area contributed by atoms with E-state index in [2.05, 4.69) is 19.2 Å². The first-order chi connectivity index (χ1) is 7.83. The summed E-state index contributed by atoms with van der Waals surface area (Å²) in [6.45, 7) is 4.72. The van der Waals surface area contributed by atoms with Crippen molar-refractivity contribution in [2.75, 3.05) is 19.7 Å². The van der Waals surface area contributed by atoms with Gasteiger partial charge in [-0.1, -0.05) is 13.8 Å². The molecule has 5 heteroatoms. The number of hydrogen-bond donors (Lipinski definition) is 1. The fraction of sp³-hybridized carbons (Fsp3) is 1.00. The summed E-state index contributed by atoms with van der Waals surface area (Å²) < 4.78 is 41.4. The molecule has 0 spiro atoms. The Balaban J connectivity index is 2.22. The Kier molecular flexibility index (Phi) is 5.25. The number of alkyl halides is 3. The molecule has 0 heterocycles. The van der Waals surface area contributed by atoms with Crippen molar-refractivity contribution in [3.8, 4) is 0 Å². The highest BCUT2D eigenvalue weighted by molar-refractivity contribution is 4.90. The quantitative estimate of drug-likeness (QED) is 0.704. The van der Waals surface area contributed by atoms with Crippen molar-refractivity contribution < 1.29 is 17.9 Å². The van der Waals surface area contributed by atoms with Crippen molar-refractivity contribution in [3.05, 3.63) is 0 Å². The van der Waals surface area contributed by atoms with Crippen molar-refractivity contribution in [2.24, 2.45) is 5.92 Å². The van der Waals surface area contributed by atoms with Crippen molar-refractivity contribution >= 4 is 0 Å². The molecule has 1 rings (SSSR count). The fourth-order valence-electron chi connectivity index (χ4n) is 1.98. The zero-order valence-corrected chi connectivity index (χ0v) is 10.6. The van der Waals surface area contributed by atoms with Crippen LogP contribution < -0.4 is 5.32 Å². The topological polar surface area (TPSA) is 21.3 Å². The lowest BCUT2D eigenvalue weighted by atomic mass is 9.77. The molecular formula is C12H22F3NO. The van der Waals surface area contributed by atoms with Gasteiger partial charge in [0.05, 0.1) is 5.60 Å². The summed E-state index contributed by atoms with van der Waals surface area (Å²) in [5.41, 5.74) is -0.514. The molecule has 0 aliphatic heterocycles. The molecule has 2 nitrogen and oxygen atoms in total. The minimum Gasteiger partial charge on any atom is -0.366 e. The van der Waals surface area contributed by atoms with Gasteiger partial charge in [-0.25, -0.2) is 0 Å². The van der Waals surface area contributed by atoms with Crippen LogP contribution in [0.15, 0.2) is 0 Å². The minimum atomic E-state index is -4.21. The standard InChI is InChI=1S/C12H22F3NO/c1-10(2)8-16-7-6-11(4-3-5-11)17-9-12(13,14)15/h10,16H,3-9H2,1-2H3. The molecule has 0 amide bonds. The maximum atomic E-state index is 12.1. The molecule has 0 saturated heterocycles. The Morgan fingerprint density at radius 1 is 1.29 bits per heavy atom. The molecule has 0 aromatic heterocycles. The minimum absolute atomic E-state index is 0.514. The van der Waals surface area contributed by atoms with E-state index in [-0.39, 0.29) is 0 Å². The number of ether oxygens (including phenoxy) is 1. The first-order valence-electron chi connectivity index (χ1n) is 6.24. The second-order valence-electron chi connectivity index (χ2n) is 5.29. The zero-order chi connectivity index (χ0) is 12.9. The summed E-state index contributed by atoms with van der Waals surface area (Å²) in [6, 6.07) is 0. The molecule has 0 aromatic carbocycles. The van der Waals surface area contributed by atoms with Crippen LogP contribution in [0.1, 0.15) is 39.5 Å². The van der Waals surface area contributed by atoms with Crippen LogP contribution in [0, 0.1) is 5.92 Å². The van der Waals surface area contributed by atoms with Gasteiger partial charge in [-0.15, -0.1) is 0 Å². The molecule has 17 heavy (non-hydrogen) atoms. The van der Waals surface area contributed by atoms with E-state index in [1.54, 1.807) is 0 Å². The van der Waals surface area contributed by atoms with Crippen molar-refractivity contribution in [2.45, 2.75) is 51.3 Å². The Labute approximate surface area is 101 Å². The Bertz CT molecular complexity index is 224. The number of rotatable bonds is 7. The Morgan fingerprint density at radius 2 is 1.94 bits per heavy atom. The van der Waals surface area contributed by atoms with Gasteiger partial charge in [0, 0.05) is 0 Å². The highest BCUT2D eigenvalue weighted by Gasteiger charge is 2.41. The third-order valence-electron chi connectivity index (χ3n) is 3.12. The largest absolute Gasteiger partial charge is 0.411 e. The maximum absolute atomic E-state index is 12.1. The predicted molar refractivity (Wildman–Crippen MR) is 60.9 cm³/mol. The van der Waals surface area contributed by atoms with E-state index in [1.165, 1.54) is 0 Å². The van der Waals surface area contributed by atoms with Crippen LogP contribution in [-0.4, -0.2) is 31.5 Å². The maximum Gasteiger partial charge on any atom is 0.411 e. The lowest BCUT2D eigenvalue weighted by molar-refractivity contribution is -0.221. The highest BCUT2D eigenvalue weighted by Crippen LogP contribution is 2.39. The molecule has 1 fully saturated rings. The summed E-state index contributed by atoms with van der Waals surface area (Å²) in [6.07, 6.45) is -1.05. The van der Waals surface area contributed by atoms with Gasteiger partial charge in [-0.2, -0.15) is 13.2 Å². The predicted octanol–water partition coefficient (Wildman–Crippen LogP) is 3.12. The van der Waals surface area contributed by atoms with Crippen LogP contribution in [0.5, 0.6) is 0 Å². The van der Waals surface area contributed by atoms with E-state index in [0.717, 1.165) is 32.4 Å². The highest BCUT2D eigenvalue weighted by atomic mass is 19.4. The molecule has 102 valence electrons.